The number of fused-ring (bicyclic) bond motifs is 1. The van der Waals surface area contributed by atoms with Gasteiger partial charge in [-0.2, -0.15) is 0 Å². The molecule has 0 fully saturated rings. The number of aromatic nitrogens is 2. The van der Waals surface area contributed by atoms with Crippen LogP contribution in [0.25, 0.3) is 10.9 Å². The molecule has 0 saturated heterocycles. The molecule has 23 heavy (non-hydrogen) atoms. The molecule has 0 spiro atoms. The number of hydrogen-bond donors (Lipinski definition) is 3. The summed E-state index contributed by atoms with van der Waals surface area (Å²) in [6.45, 7) is 2.75. The summed E-state index contributed by atoms with van der Waals surface area (Å²) in [5.74, 6) is -2.22. The summed E-state index contributed by atoms with van der Waals surface area (Å²) >= 11 is 0. The van der Waals surface area contributed by atoms with E-state index in [1.54, 1.807) is 32.0 Å². The number of rotatable bonds is 5. The summed E-state index contributed by atoms with van der Waals surface area (Å²) in [6.07, 6.45) is 0. The Bertz CT molecular complexity index is 865. The van der Waals surface area contributed by atoms with Crippen molar-refractivity contribution in [2.45, 2.75) is 26.4 Å². The van der Waals surface area contributed by atoms with Gasteiger partial charge >= 0.3 is 11.7 Å². The molecular weight excluding hydrogens is 302 g/mol. The maximum atomic E-state index is 12.3. The Hall–Kier alpha value is -2.90. The number of amides is 1. The molecule has 0 aliphatic heterocycles. The molecule has 1 aromatic carbocycles. The van der Waals surface area contributed by atoms with Crippen molar-refractivity contribution in [3.63, 3.8) is 0 Å². The molecule has 0 aliphatic rings. The summed E-state index contributed by atoms with van der Waals surface area (Å²) in [6, 6.07) is 5.36. The minimum absolute atomic E-state index is 0.276. The fourth-order valence-corrected chi connectivity index (χ4v) is 2.22. The lowest BCUT2D eigenvalue weighted by atomic mass is 10.1. The zero-order valence-corrected chi connectivity index (χ0v) is 12.7. The zero-order valence-electron chi connectivity index (χ0n) is 12.7. The fourth-order valence-electron chi connectivity index (χ4n) is 2.22. The number of carboxylic acids is 1. The second-order valence-electron chi connectivity index (χ2n) is 5.49. The van der Waals surface area contributed by atoms with Gasteiger partial charge in [-0.3, -0.25) is 14.2 Å². The van der Waals surface area contributed by atoms with Crippen LogP contribution < -0.4 is 16.6 Å². The van der Waals surface area contributed by atoms with E-state index >= 15 is 0 Å². The van der Waals surface area contributed by atoms with Gasteiger partial charge in [0.25, 0.3) is 5.56 Å². The van der Waals surface area contributed by atoms with E-state index in [1.807, 2.05) is 0 Å². The predicted molar refractivity (Wildman–Crippen MR) is 83.2 cm³/mol. The predicted octanol–water partition coefficient (Wildman–Crippen LogP) is -0.0848. The van der Waals surface area contributed by atoms with Crippen molar-refractivity contribution in [3.05, 3.63) is 45.1 Å². The quantitative estimate of drug-likeness (QED) is 0.711. The minimum atomic E-state index is -1.17. The monoisotopic (exact) mass is 319 g/mol. The smallest absolute Gasteiger partial charge is 0.329 e. The van der Waals surface area contributed by atoms with Crippen molar-refractivity contribution in [2.24, 2.45) is 5.92 Å². The van der Waals surface area contributed by atoms with Gasteiger partial charge in [-0.25, -0.2) is 9.59 Å². The van der Waals surface area contributed by atoms with Crippen molar-refractivity contribution >= 4 is 22.8 Å². The lowest BCUT2D eigenvalue weighted by molar-refractivity contribution is -0.143. The van der Waals surface area contributed by atoms with Crippen LogP contribution >= 0.6 is 0 Å². The SMILES string of the molecule is CC(C)[C@@H](NC(=O)Cn1c(=O)[nH]c2ccccc2c1=O)C(=O)O. The molecule has 1 heterocycles. The summed E-state index contributed by atoms with van der Waals surface area (Å²) in [7, 11) is 0. The van der Waals surface area contributed by atoms with Gasteiger partial charge in [0.2, 0.25) is 5.91 Å². The highest BCUT2D eigenvalue weighted by atomic mass is 16.4. The molecular formula is C15H17N3O5. The van der Waals surface area contributed by atoms with E-state index < -0.39 is 35.7 Å². The highest BCUT2D eigenvalue weighted by Crippen LogP contribution is 2.03. The lowest BCUT2D eigenvalue weighted by Crippen LogP contribution is -2.48. The summed E-state index contributed by atoms with van der Waals surface area (Å²) in [4.78, 5) is 49.8. The van der Waals surface area contributed by atoms with E-state index in [9.17, 15) is 19.2 Å². The Labute approximate surface area is 130 Å². The summed E-state index contributed by atoms with van der Waals surface area (Å²) in [5.41, 5.74) is -0.944. The Balaban J connectivity index is 2.32. The molecule has 2 rings (SSSR count). The van der Waals surface area contributed by atoms with Crippen LogP contribution in [0.15, 0.2) is 33.9 Å². The van der Waals surface area contributed by atoms with Gasteiger partial charge in [0, 0.05) is 0 Å². The molecule has 1 aromatic heterocycles. The van der Waals surface area contributed by atoms with Crippen LogP contribution in [0.5, 0.6) is 0 Å². The molecule has 2 aromatic rings. The van der Waals surface area contributed by atoms with Gasteiger partial charge in [-0.05, 0) is 18.1 Å². The molecule has 0 bridgehead atoms. The lowest BCUT2D eigenvalue weighted by Gasteiger charge is -2.18. The molecule has 0 radical (unpaired) electrons. The second-order valence-corrected chi connectivity index (χ2v) is 5.49. The van der Waals surface area contributed by atoms with Crippen molar-refractivity contribution in [1.29, 1.82) is 0 Å². The van der Waals surface area contributed by atoms with Gasteiger partial charge in [0.05, 0.1) is 10.9 Å². The molecule has 3 N–H and O–H groups in total. The first kappa shape index (κ1) is 16.5. The second kappa shape index (κ2) is 6.47. The van der Waals surface area contributed by atoms with Crippen molar-refractivity contribution in [2.75, 3.05) is 0 Å². The topological polar surface area (TPSA) is 121 Å². The maximum Gasteiger partial charge on any atom is 0.329 e. The summed E-state index contributed by atoms with van der Waals surface area (Å²) < 4.78 is 0.747. The Kier molecular flexibility index (Phi) is 4.63. The van der Waals surface area contributed by atoms with Gasteiger partial charge in [0.1, 0.15) is 12.6 Å². The number of carbonyl (C=O) groups excluding carboxylic acids is 1. The first-order valence-corrected chi connectivity index (χ1v) is 7.05. The Morgan fingerprint density at radius 3 is 2.52 bits per heavy atom. The highest BCUT2D eigenvalue weighted by molar-refractivity contribution is 5.84. The number of benzene rings is 1. The Morgan fingerprint density at radius 2 is 1.91 bits per heavy atom. The van der Waals surface area contributed by atoms with Crippen molar-refractivity contribution in [3.8, 4) is 0 Å². The van der Waals surface area contributed by atoms with Crippen LogP contribution in [0.2, 0.25) is 0 Å². The zero-order chi connectivity index (χ0) is 17.1. The number of H-pyrrole nitrogens is 1. The molecule has 0 aliphatic carbocycles. The van der Waals surface area contributed by atoms with Gasteiger partial charge in [-0.15, -0.1) is 0 Å². The fraction of sp³-hybridized carbons (Fsp3) is 0.333. The third-order valence-corrected chi connectivity index (χ3v) is 3.44. The van der Waals surface area contributed by atoms with Crippen molar-refractivity contribution in [1.82, 2.24) is 14.9 Å². The number of aliphatic carboxylic acids is 1. The average Bonchev–Trinajstić information content (AvgIpc) is 2.48. The van der Waals surface area contributed by atoms with E-state index in [0.29, 0.717) is 5.52 Å². The Morgan fingerprint density at radius 1 is 1.26 bits per heavy atom. The molecule has 0 unspecified atom stereocenters. The van der Waals surface area contributed by atoms with E-state index in [2.05, 4.69) is 10.3 Å². The molecule has 8 heteroatoms. The van der Waals surface area contributed by atoms with Crippen molar-refractivity contribution < 1.29 is 14.7 Å². The van der Waals surface area contributed by atoms with Crippen LogP contribution in [0.1, 0.15) is 13.8 Å². The van der Waals surface area contributed by atoms with E-state index in [-0.39, 0.29) is 11.3 Å². The van der Waals surface area contributed by atoms with E-state index in [1.165, 1.54) is 6.07 Å². The maximum absolute atomic E-state index is 12.3. The molecule has 1 amide bonds. The number of carbonyl (C=O) groups is 2. The molecule has 122 valence electrons. The normalized spacial score (nSPS) is 12.3. The highest BCUT2D eigenvalue weighted by Gasteiger charge is 2.24. The van der Waals surface area contributed by atoms with E-state index in [0.717, 1.165) is 4.57 Å². The molecule has 1 atom stereocenters. The number of para-hydroxylation sites is 1. The minimum Gasteiger partial charge on any atom is -0.480 e. The summed E-state index contributed by atoms with van der Waals surface area (Å²) in [5, 5.41) is 11.7. The first-order valence-electron chi connectivity index (χ1n) is 7.05. The number of carboxylic acid groups (broad SMARTS) is 1. The van der Waals surface area contributed by atoms with E-state index in [4.69, 9.17) is 5.11 Å². The first-order chi connectivity index (χ1) is 10.8. The van der Waals surface area contributed by atoms with Crippen LogP contribution in [-0.2, 0) is 16.1 Å². The largest absolute Gasteiger partial charge is 0.480 e. The number of aromatic amines is 1. The third-order valence-electron chi connectivity index (χ3n) is 3.44. The van der Waals surface area contributed by atoms with Crippen LogP contribution in [-0.4, -0.2) is 32.6 Å². The molecule has 0 saturated carbocycles. The van der Waals surface area contributed by atoms with Gasteiger partial charge in [-0.1, -0.05) is 26.0 Å². The van der Waals surface area contributed by atoms with Crippen LogP contribution in [0.4, 0.5) is 0 Å². The van der Waals surface area contributed by atoms with Crippen LogP contribution in [0.3, 0.4) is 0 Å². The van der Waals surface area contributed by atoms with Gasteiger partial charge in [0.15, 0.2) is 0 Å². The third kappa shape index (κ3) is 3.47. The van der Waals surface area contributed by atoms with Crippen LogP contribution in [0, 0.1) is 5.92 Å². The number of nitrogens with one attached hydrogen (secondary N) is 2. The number of hydrogen-bond acceptors (Lipinski definition) is 4. The number of nitrogens with zero attached hydrogens (tertiary/aromatic N) is 1. The van der Waals surface area contributed by atoms with Gasteiger partial charge < -0.3 is 15.4 Å². The standard InChI is InChI=1S/C15H17N3O5/c1-8(2)12(14(21)22)17-11(19)7-18-13(20)9-5-3-4-6-10(9)16-15(18)23/h3-6,8,12H,7H2,1-2H3,(H,16,23)(H,17,19)(H,21,22)/t12-/m1/s1. The average molecular weight is 319 g/mol. The molecule has 8 nitrogen and oxygen atoms in total.